The second-order valence-corrected chi connectivity index (χ2v) is 6.29. The maximum atomic E-state index is 3.70. The molecule has 20 heavy (non-hydrogen) atoms. The molecule has 0 saturated carbocycles. The minimum atomic E-state index is 0.722. The molecule has 0 saturated heterocycles. The predicted molar refractivity (Wildman–Crippen MR) is 88.3 cm³/mol. The molecule has 1 aliphatic rings. The van der Waals surface area contributed by atoms with E-state index < -0.39 is 0 Å². The van der Waals surface area contributed by atoms with Gasteiger partial charge >= 0.3 is 0 Å². The van der Waals surface area contributed by atoms with Crippen LogP contribution in [0.25, 0.3) is 0 Å². The fourth-order valence-corrected chi connectivity index (χ4v) is 3.50. The topological polar surface area (TPSA) is 12.0 Å². The van der Waals surface area contributed by atoms with Crippen molar-refractivity contribution >= 4 is 0 Å². The summed E-state index contributed by atoms with van der Waals surface area (Å²) in [4.78, 5) is 0. The van der Waals surface area contributed by atoms with Gasteiger partial charge in [0.2, 0.25) is 0 Å². The molecule has 0 aliphatic heterocycles. The largest absolute Gasteiger partial charge is 0.314 e. The molecule has 0 fully saturated rings. The second kappa shape index (κ2) is 8.46. The van der Waals surface area contributed by atoms with Crippen LogP contribution in [0.5, 0.6) is 0 Å². The van der Waals surface area contributed by atoms with Gasteiger partial charge in [-0.25, -0.2) is 0 Å². The minimum absolute atomic E-state index is 0.722. The highest BCUT2D eigenvalue weighted by atomic mass is 14.9. The molecular weight excluding hydrogens is 242 g/mol. The molecule has 0 amide bonds. The van der Waals surface area contributed by atoms with Crippen molar-refractivity contribution in [1.82, 2.24) is 5.32 Å². The quantitative estimate of drug-likeness (QED) is 0.588. The van der Waals surface area contributed by atoms with Crippen LogP contribution in [0.1, 0.15) is 75.8 Å². The number of benzene rings is 1. The van der Waals surface area contributed by atoms with Crippen LogP contribution in [0.4, 0.5) is 0 Å². The first-order valence-corrected chi connectivity index (χ1v) is 8.66. The number of rotatable bonds is 10. The first-order valence-electron chi connectivity index (χ1n) is 8.66. The van der Waals surface area contributed by atoms with E-state index in [1.165, 1.54) is 51.4 Å². The summed E-state index contributed by atoms with van der Waals surface area (Å²) in [6, 6.07) is 9.70. The lowest BCUT2D eigenvalue weighted by Crippen LogP contribution is -2.33. The Kier molecular flexibility index (Phi) is 6.59. The summed E-state index contributed by atoms with van der Waals surface area (Å²) < 4.78 is 0. The Morgan fingerprint density at radius 3 is 2.65 bits per heavy atom. The first kappa shape index (κ1) is 15.6. The average Bonchev–Trinajstić information content (AvgIpc) is 2.44. The van der Waals surface area contributed by atoms with Gasteiger partial charge in [0.1, 0.15) is 0 Å². The summed E-state index contributed by atoms with van der Waals surface area (Å²) in [5, 5.41) is 3.70. The maximum Gasteiger partial charge on any atom is 0.00728 e. The maximum absolute atomic E-state index is 3.70. The van der Waals surface area contributed by atoms with Gasteiger partial charge in [-0.1, -0.05) is 70.2 Å². The van der Waals surface area contributed by atoms with Crippen LogP contribution in [0.15, 0.2) is 24.3 Å². The van der Waals surface area contributed by atoms with Crippen molar-refractivity contribution in [3.63, 3.8) is 0 Å². The zero-order valence-corrected chi connectivity index (χ0v) is 13.3. The van der Waals surface area contributed by atoms with Gasteiger partial charge in [0.15, 0.2) is 0 Å². The predicted octanol–water partition coefficient (Wildman–Crippen LogP) is 5.06. The van der Waals surface area contributed by atoms with Gasteiger partial charge in [-0.3, -0.25) is 0 Å². The number of nitrogens with one attached hydrogen (secondary N) is 1. The Labute approximate surface area is 125 Å². The Bertz CT molecular complexity index is 385. The smallest absolute Gasteiger partial charge is 0.00728 e. The Morgan fingerprint density at radius 1 is 1.10 bits per heavy atom. The van der Waals surface area contributed by atoms with Crippen LogP contribution in [0, 0.1) is 0 Å². The highest BCUT2D eigenvalue weighted by molar-refractivity contribution is 5.39. The standard InChI is InChI=1S/C19H31N/c1-3-5-6-7-8-12-18(20-4-2)15-17-14-16-11-9-10-13-19(16)17/h9-11,13,17-18,20H,3-8,12,14-15H2,1-2H3. The van der Waals surface area contributed by atoms with Gasteiger partial charge in [-0.05, 0) is 42.9 Å². The van der Waals surface area contributed by atoms with E-state index in [1.54, 1.807) is 11.1 Å². The second-order valence-electron chi connectivity index (χ2n) is 6.29. The number of hydrogen-bond donors (Lipinski definition) is 1. The number of unbranched alkanes of at least 4 members (excludes halogenated alkanes) is 4. The van der Waals surface area contributed by atoms with E-state index in [0.29, 0.717) is 0 Å². The summed E-state index contributed by atoms with van der Waals surface area (Å²) in [6.07, 6.45) is 11.0. The molecule has 1 aromatic rings. The third kappa shape index (κ3) is 4.34. The summed E-state index contributed by atoms with van der Waals surface area (Å²) >= 11 is 0. The van der Waals surface area contributed by atoms with E-state index in [4.69, 9.17) is 0 Å². The summed E-state index contributed by atoms with van der Waals surface area (Å²) in [5.41, 5.74) is 3.19. The molecule has 0 bridgehead atoms. The minimum Gasteiger partial charge on any atom is -0.314 e. The van der Waals surface area contributed by atoms with Gasteiger partial charge in [0, 0.05) is 6.04 Å². The van der Waals surface area contributed by atoms with Gasteiger partial charge in [-0.15, -0.1) is 0 Å². The Hall–Kier alpha value is -0.820. The van der Waals surface area contributed by atoms with Crippen molar-refractivity contribution < 1.29 is 0 Å². The molecule has 2 rings (SSSR count). The zero-order valence-electron chi connectivity index (χ0n) is 13.3. The third-order valence-corrected chi connectivity index (χ3v) is 4.68. The van der Waals surface area contributed by atoms with Crippen molar-refractivity contribution in [2.45, 2.75) is 77.2 Å². The summed E-state index contributed by atoms with van der Waals surface area (Å²) in [5.74, 6) is 0.811. The molecule has 2 atom stereocenters. The molecule has 0 heterocycles. The lowest BCUT2D eigenvalue weighted by Gasteiger charge is -2.33. The lowest BCUT2D eigenvalue weighted by molar-refractivity contribution is 0.391. The monoisotopic (exact) mass is 273 g/mol. The van der Waals surface area contributed by atoms with E-state index in [-0.39, 0.29) is 0 Å². The zero-order chi connectivity index (χ0) is 14.2. The molecule has 1 nitrogen and oxygen atoms in total. The highest BCUT2D eigenvalue weighted by Gasteiger charge is 2.27. The van der Waals surface area contributed by atoms with Crippen LogP contribution in [-0.2, 0) is 6.42 Å². The van der Waals surface area contributed by atoms with E-state index in [0.717, 1.165) is 18.5 Å². The van der Waals surface area contributed by atoms with Crippen LogP contribution in [-0.4, -0.2) is 12.6 Å². The van der Waals surface area contributed by atoms with Crippen molar-refractivity contribution in [1.29, 1.82) is 0 Å². The normalized spacial score (nSPS) is 18.4. The van der Waals surface area contributed by atoms with Gasteiger partial charge in [0.05, 0.1) is 0 Å². The third-order valence-electron chi connectivity index (χ3n) is 4.68. The lowest BCUT2D eigenvalue weighted by atomic mass is 9.74. The number of hydrogen-bond acceptors (Lipinski definition) is 1. The molecule has 0 radical (unpaired) electrons. The van der Waals surface area contributed by atoms with E-state index in [1.807, 2.05) is 0 Å². The Balaban J connectivity index is 1.73. The van der Waals surface area contributed by atoms with Gasteiger partial charge in [0.25, 0.3) is 0 Å². The molecule has 1 aliphatic carbocycles. The van der Waals surface area contributed by atoms with Crippen LogP contribution >= 0.6 is 0 Å². The van der Waals surface area contributed by atoms with Gasteiger partial charge in [-0.2, -0.15) is 0 Å². The molecule has 1 aromatic carbocycles. The van der Waals surface area contributed by atoms with E-state index >= 15 is 0 Å². The first-order chi connectivity index (χ1) is 9.85. The number of fused-ring (bicyclic) bond motifs is 1. The molecule has 1 heteroatoms. The fourth-order valence-electron chi connectivity index (χ4n) is 3.50. The van der Waals surface area contributed by atoms with Gasteiger partial charge < -0.3 is 5.32 Å². The average molecular weight is 273 g/mol. The summed E-state index contributed by atoms with van der Waals surface area (Å²) in [7, 11) is 0. The molecule has 0 aromatic heterocycles. The molecule has 0 spiro atoms. The van der Waals surface area contributed by atoms with Crippen LogP contribution in [0.3, 0.4) is 0 Å². The summed E-state index contributed by atoms with van der Waals surface area (Å²) in [6.45, 7) is 5.63. The molecular formula is C19H31N. The Morgan fingerprint density at radius 2 is 1.90 bits per heavy atom. The molecule has 2 unspecified atom stereocenters. The van der Waals surface area contributed by atoms with Crippen molar-refractivity contribution in [3.05, 3.63) is 35.4 Å². The van der Waals surface area contributed by atoms with Crippen molar-refractivity contribution in [2.75, 3.05) is 6.54 Å². The van der Waals surface area contributed by atoms with Crippen LogP contribution in [0.2, 0.25) is 0 Å². The highest BCUT2D eigenvalue weighted by Crippen LogP contribution is 2.38. The van der Waals surface area contributed by atoms with Crippen molar-refractivity contribution in [3.8, 4) is 0 Å². The van der Waals surface area contributed by atoms with Crippen LogP contribution < -0.4 is 5.32 Å². The molecule has 112 valence electrons. The van der Waals surface area contributed by atoms with E-state index in [9.17, 15) is 0 Å². The van der Waals surface area contributed by atoms with Crippen molar-refractivity contribution in [2.24, 2.45) is 0 Å². The SMILES string of the molecule is CCCCCCCC(CC1Cc2ccccc21)NCC. The molecule has 1 N–H and O–H groups in total. The van der Waals surface area contributed by atoms with E-state index in [2.05, 4.69) is 43.4 Å². The fraction of sp³-hybridized carbons (Fsp3) is 0.684.